The van der Waals surface area contributed by atoms with Crippen LogP contribution in [0.4, 0.5) is 0 Å². The maximum absolute atomic E-state index is 12.3. The van der Waals surface area contributed by atoms with Gasteiger partial charge in [0.2, 0.25) is 11.8 Å². The average molecular weight is 295 g/mol. The Morgan fingerprint density at radius 1 is 1.24 bits per heavy atom. The zero-order valence-corrected chi connectivity index (χ0v) is 13.2. The molecule has 0 unspecified atom stereocenters. The van der Waals surface area contributed by atoms with E-state index in [4.69, 9.17) is 0 Å². The Bertz CT molecular complexity index is 351. The minimum absolute atomic E-state index is 0.0506. The number of hydrogen-bond donors (Lipinski definition) is 2. The summed E-state index contributed by atoms with van der Waals surface area (Å²) in [6, 6.07) is -0.0889. The molecule has 0 saturated carbocycles. The van der Waals surface area contributed by atoms with Gasteiger partial charge in [-0.05, 0) is 39.0 Å². The molecule has 5 heteroatoms. The predicted octanol–water partition coefficient (Wildman–Crippen LogP) is 1.43. The lowest BCUT2D eigenvalue weighted by molar-refractivity contribution is -0.132. The Morgan fingerprint density at radius 3 is 2.67 bits per heavy atom. The highest BCUT2D eigenvalue weighted by Crippen LogP contribution is 2.12. The molecule has 0 spiro atoms. The van der Waals surface area contributed by atoms with Gasteiger partial charge in [0.25, 0.3) is 0 Å². The van der Waals surface area contributed by atoms with Crippen LogP contribution in [-0.2, 0) is 9.59 Å². The average Bonchev–Trinajstić information content (AvgIpc) is 2.83. The molecule has 0 aliphatic carbocycles. The molecular weight excluding hydrogens is 266 g/mol. The fourth-order valence-electron chi connectivity index (χ4n) is 3.21. The predicted molar refractivity (Wildman–Crippen MR) is 82.9 cm³/mol. The van der Waals surface area contributed by atoms with Gasteiger partial charge in [-0.15, -0.1) is 0 Å². The van der Waals surface area contributed by atoms with Crippen molar-refractivity contribution in [2.75, 3.05) is 19.6 Å². The first-order valence-corrected chi connectivity index (χ1v) is 8.48. The topological polar surface area (TPSA) is 61.4 Å². The van der Waals surface area contributed by atoms with Crippen molar-refractivity contribution in [3.05, 3.63) is 0 Å². The third-order valence-corrected chi connectivity index (χ3v) is 4.46. The standard InChI is InChI=1S/C16H29N3O2/c1-13(18-14-8-4-5-9-17-16(14)21)12-15(20)19-10-6-2-3-7-11-19/h13-14,18H,2-12H2,1H3,(H,17,21)/t13-,14-/m0/s1. The number of rotatable bonds is 4. The van der Waals surface area contributed by atoms with Gasteiger partial charge in [0.15, 0.2) is 0 Å². The minimum Gasteiger partial charge on any atom is -0.355 e. The summed E-state index contributed by atoms with van der Waals surface area (Å²) in [5.41, 5.74) is 0. The summed E-state index contributed by atoms with van der Waals surface area (Å²) < 4.78 is 0. The Balaban J connectivity index is 1.78. The summed E-state index contributed by atoms with van der Waals surface area (Å²) in [6.07, 6.45) is 8.18. The molecule has 0 radical (unpaired) electrons. The SMILES string of the molecule is C[C@@H](CC(=O)N1CCCCCC1)N[C@H]1CCCCNC1=O. The number of carbonyl (C=O) groups is 2. The van der Waals surface area contributed by atoms with Gasteiger partial charge in [-0.25, -0.2) is 0 Å². The molecule has 5 nitrogen and oxygen atoms in total. The van der Waals surface area contributed by atoms with E-state index in [0.29, 0.717) is 6.42 Å². The second-order valence-electron chi connectivity index (χ2n) is 6.41. The number of carbonyl (C=O) groups excluding carboxylic acids is 2. The van der Waals surface area contributed by atoms with Gasteiger partial charge in [-0.1, -0.05) is 12.8 Å². The molecule has 0 aromatic rings. The lowest BCUT2D eigenvalue weighted by Crippen LogP contribution is -2.48. The second kappa shape index (κ2) is 8.37. The molecule has 2 aliphatic rings. The van der Waals surface area contributed by atoms with E-state index in [9.17, 15) is 9.59 Å². The van der Waals surface area contributed by atoms with Crippen LogP contribution in [0.15, 0.2) is 0 Å². The smallest absolute Gasteiger partial charge is 0.237 e. The van der Waals surface area contributed by atoms with Crippen molar-refractivity contribution in [3.63, 3.8) is 0 Å². The third kappa shape index (κ3) is 5.30. The van der Waals surface area contributed by atoms with Crippen LogP contribution < -0.4 is 10.6 Å². The monoisotopic (exact) mass is 295 g/mol. The summed E-state index contributed by atoms with van der Waals surface area (Å²) in [7, 11) is 0. The van der Waals surface area contributed by atoms with Gasteiger partial charge in [0, 0.05) is 32.1 Å². The second-order valence-corrected chi connectivity index (χ2v) is 6.41. The molecule has 2 saturated heterocycles. The number of nitrogens with zero attached hydrogens (tertiary/aromatic N) is 1. The zero-order valence-electron chi connectivity index (χ0n) is 13.2. The van der Waals surface area contributed by atoms with Crippen LogP contribution in [0.3, 0.4) is 0 Å². The van der Waals surface area contributed by atoms with Gasteiger partial charge in [-0.3, -0.25) is 9.59 Å². The molecule has 21 heavy (non-hydrogen) atoms. The molecule has 120 valence electrons. The first kappa shape index (κ1) is 16.3. The molecule has 2 N–H and O–H groups in total. The first-order chi connectivity index (χ1) is 10.2. The van der Waals surface area contributed by atoms with Gasteiger partial charge in [-0.2, -0.15) is 0 Å². The maximum Gasteiger partial charge on any atom is 0.237 e. The Hall–Kier alpha value is -1.10. The van der Waals surface area contributed by atoms with Crippen LogP contribution in [0.1, 0.15) is 58.3 Å². The molecule has 0 bridgehead atoms. The molecule has 2 atom stereocenters. The van der Waals surface area contributed by atoms with E-state index >= 15 is 0 Å². The van der Waals surface area contributed by atoms with Crippen molar-refractivity contribution in [1.29, 1.82) is 0 Å². The maximum atomic E-state index is 12.3. The molecule has 2 rings (SSSR count). The molecule has 2 fully saturated rings. The van der Waals surface area contributed by atoms with Crippen LogP contribution in [0.25, 0.3) is 0 Å². The number of amides is 2. The molecular formula is C16H29N3O2. The highest BCUT2D eigenvalue weighted by Gasteiger charge is 2.24. The molecule has 0 aromatic heterocycles. The van der Waals surface area contributed by atoms with E-state index in [1.165, 1.54) is 12.8 Å². The van der Waals surface area contributed by atoms with Crippen molar-refractivity contribution < 1.29 is 9.59 Å². The Labute approximate surface area is 127 Å². The molecule has 2 aliphatic heterocycles. The number of nitrogens with one attached hydrogen (secondary N) is 2. The number of likely N-dealkylation sites (tertiary alicyclic amines) is 1. The lowest BCUT2D eigenvalue weighted by Gasteiger charge is -2.25. The quantitative estimate of drug-likeness (QED) is 0.825. The van der Waals surface area contributed by atoms with E-state index in [-0.39, 0.29) is 23.9 Å². The molecule has 0 aromatic carbocycles. The van der Waals surface area contributed by atoms with Crippen molar-refractivity contribution in [1.82, 2.24) is 15.5 Å². The first-order valence-electron chi connectivity index (χ1n) is 8.48. The van der Waals surface area contributed by atoms with Crippen molar-refractivity contribution in [3.8, 4) is 0 Å². The Kier molecular flexibility index (Phi) is 6.49. The van der Waals surface area contributed by atoms with Crippen molar-refractivity contribution in [2.24, 2.45) is 0 Å². The van der Waals surface area contributed by atoms with Crippen molar-refractivity contribution >= 4 is 11.8 Å². The zero-order chi connectivity index (χ0) is 15.1. The molecule has 2 heterocycles. The summed E-state index contributed by atoms with van der Waals surface area (Å²) in [6.45, 7) is 4.58. The number of hydrogen-bond acceptors (Lipinski definition) is 3. The Morgan fingerprint density at radius 2 is 1.95 bits per heavy atom. The summed E-state index contributed by atoms with van der Waals surface area (Å²) in [4.78, 5) is 26.2. The molecule has 2 amide bonds. The van der Waals surface area contributed by atoms with E-state index in [0.717, 1.165) is 51.7 Å². The van der Waals surface area contributed by atoms with Gasteiger partial charge in [0.1, 0.15) is 0 Å². The van der Waals surface area contributed by atoms with Crippen LogP contribution in [0, 0.1) is 0 Å². The van der Waals surface area contributed by atoms with E-state index in [1.54, 1.807) is 0 Å². The summed E-state index contributed by atoms with van der Waals surface area (Å²) >= 11 is 0. The van der Waals surface area contributed by atoms with E-state index in [2.05, 4.69) is 10.6 Å². The highest BCUT2D eigenvalue weighted by molar-refractivity contribution is 5.82. The van der Waals surface area contributed by atoms with Crippen LogP contribution in [0.2, 0.25) is 0 Å². The fraction of sp³-hybridized carbons (Fsp3) is 0.875. The van der Waals surface area contributed by atoms with Gasteiger partial charge in [0.05, 0.1) is 6.04 Å². The largest absolute Gasteiger partial charge is 0.355 e. The highest BCUT2D eigenvalue weighted by atomic mass is 16.2. The minimum atomic E-state index is -0.139. The van der Waals surface area contributed by atoms with Crippen LogP contribution in [0.5, 0.6) is 0 Å². The van der Waals surface area contributed by atoms with Crippen molar-refractivity contribution in [2.45, 2.75) is 70.4 Å². The summed E-state index contributed by atoms with van der Waals surface area (Å²) in [5.74, 6) is 0.313. The third-order valence-electron chi connectivity index (χ3n) is 4.46. The van der Waals surface area contributed by atoms with E-state index in [1.807, 2.05) is 11.8 Å². The van der Waals surface area contributed by atoms with Gasteiger partial charge >= 0.3 is 0 Å². The summed E-state index contributed by atoms with van der Waals surface area (Å²) in [5, 5.41) is 6.26. The van der Waals surface area contributed by atoms with Crippen LogP contribution in [-0.4, -0.2) is 48.4 Å². The normalized spacial score (nSPS) is 25.7. The fourth-order valence-corrected chi connectivity index (χ4v) is 3.21. The van der Waals surface area contributed by atoms with Crippen LogP contribution >= 0.6 is 0 Å². The van der Waals surface area contributed by atoms with Gasteiger partial charge < -0.3 is 15.5 Å². The van der Waals surface area contributed by atoms with E-state index < -0.39 is 0 Å². The lowest BCUT2D eigenvalue weighted by atomic mass is 10.1.